The second kappa shape index (κ2) is 7.22. The first-order chi connectivity index (χ1) is 9.94. The van der Waals surface area contributed by atoms with Crippen molar-refractivity contribution >= 4 is 43.6 Å². The van der Waals surface area contributed by atoms with Gasteiger partial charge in [-0.15, -0.1) is 0 Å². The van der Waals surface area contributed by atoms with Crippen LogP contribution in [0.25, 0.3) is 6.08 Å². The quantitative estimate of drug-likeness (QED) is 0.837. The topological polar surface area (TPSA) is 46.2 Å². The number of hydrogen-bond donors (Lipinski definition) is 1. The van der Waals surface area contributed by atoms with Crippen LogP contribution in [0.2, 0.25) is 5.02 Å². The Morgan fingerprint density at radius 1 is 1.05 bits per heavy atom. The van der Waals surface area contributed by atoms with Crippen molar-refractivity contribution in [3.63, 3.8) is 0 Å². The number of sulfonamides is 1. The molecule has 110 valence electrons. The van der Waals surface area contributed by atoms with Crippen molar-refractivity contribution in [2.45, 2.75) is 6.54 Å². The summed E-state index contributed by atoms with van der Waals surface area (Å²) in [6, 6.07) is 14.4. The van der Waals surface area contributed by atoms with Gasteiger partial charge in [0.1, 0.15) is 0 Å². The minimum Gasteiger partial charge on any atom is -0.208 e. The normalized spacial score (nSPS) is 11.9. The van der Waals surface area contributed by atoms with E-state index in [0.29, 0.717) is 5.02 Å². The molecule has 0 fully saturated rings. The van der Waals surface area contributed by atoms with Crippen LogP contribution in [0.5, 0.6) is 0 Å². The van der Waals surface area contributed by atoms with E-state index in [4.69, 9.17) is 11.6 Å². The van der Waals surface area contributed by atoms with Gasteiger partial charge in [0.05, 0.1) is 0 Å². The van der Waals surface area contributed by atoms with Crippen LogP contribution in [0.15, 0.2) is 58.4 Å². The smallest absolute Gasteiger partial charge is 0.208 e. The van der Waals surface area contributed by atoms with Gasteiger partial charge in [0.2, 0.25) is 10.0 Å². The zero-order valence-electron chi connectivity index (χ0n) is 11.0. The van der Waals surface area contributed by atoms with Gasteiger partial charge in [0, 0.05) is 21.4 Å². The molecule has 3 nitrogen and oxygen atoms in total. The third kappa shape index (κ3) is 5.63. The molecule has 0 aliphatic carbocycles. The molecule has 21 heavy (non-hydrogen) atoms. The monoisotopic (exact) mass is 385 g/mol. The second-order valence-electron chi connectivity index (χ2n) is 4.35. The summed E-state index contributed by atoms with van der Waals surface area (Å²) in [5.74, 6) is 0. The Balaban J connectivity index is 1.98. The van der Waals surface area contributed by atoms with E-state index in [2.05, 4.69) is 20.7 Å². The highest BCUT2D eigenvalue weighted by molar-refractivity contribution is 9.10. The van der Waals surface area contributed by atoms with Crippen LogP contribution in [0.3, 0.4) is 0 Å². The predicted molar refractivity (Wildman–Crippen MR) is 90.4 cm³/mol. The minimum atomic E-state index is -3.47. The first-order valence-electron chi connectivity index (χ1n) is 6.12. The predicted octanol–water partition coefficient (Wildman–Crippen LogP) is 4.19. The maximum Gasteiger partial charge on any atom is 0.234 e. The van der Waals surface area contributed by atoms with Crippen molar-refractivity contribution in [2.75, 3.05) is 0 Å². The summed E-state index contributed by atoms with van der Waals surface area (Å²) in [4.78, 5) is 0. The van der Waals surface area contributed by atoms with Crippen molar-refractivity contribution in [2.24, 2.45) is 0 Å². The highest BCUT2D eigenvalue weighted by Gasteiger charge is 2.04. The van der Waals surface area contributed by atoms with Crippen LogP contribution in [-0.2, 0) is 16.6 Å². The highest BCUT2D eigenvalue weighted by Crippen LogP contribution is 2.12. The van der Waals surface area contributed by atoms with E-state index < -0.39 is 10.0 Å². The summed E-state index contributed by atoms with van der Waals surface area (Å²) in [5, 5.41) is 1.78. The Labute approximate surface area is 137 Å². The zero-order chi connectivity index (χ0) is 15.3. The molecule has 0 bridgehead atoms. The van der Waals surface area contributed by atoms with Gasteiger partial charge < -0.3 is 0 Å². The largest absolute Gasteiger partial charge is 0.234 e. The minimum absolute atomic E-state index is 0.226. The van der Waals surface area contributed by atoms with Gasteiger partial charge in [0.15, 0.2) is 0 Å². The average Bonchev–Trinajstić information content (AvgIpc) is 2.46. The van der Waals surface area contributed by atoms with Crippen molar-refractivity contribution in [1.29, 1.82) is 0 Å². The van der Waals surface area contributed by atoms with Crippen molar-refractivity contribution in [1.82, 2.24) is 4.72 Å². The molecule has 0 aliphatic rings. The van der Waals surface area contributed by atoms with E-state index in [0.717, 1.165) is 21.0 Å². The molecule has 0 atom stereocenters. The molecule has 6 heteroatoms. The summed E-state index contributed by atoms with van der Waals surface area (Å²) in [6.07, 6.45) is 1.55. The summed E-state index contributed by atoms with van der Waals surface area (Å²) in [6.45, 7) is 0.226. The van der Waals surface area contributed by atoms with Gasteiger partial charge in [-0.05, 0) is 41.5 Å². The molecule has 1 N–H and O–H groups in total. The van der Waals surface area contributed by atoms with Crippen LogP contribution >= 0.6 is 27.5 Å². The van der Waals surface area contributed by atoms with Crippen LogP contribution in [0.1, 0.15) is 11.1 Å². The number of benzene rings is 2. The molecular formula is C15H13BrClNO2S. The molecule has 0 radical (unpaired) electrons. The zero-order valence-corrected chi connectivity index (χ0v) is 14.1. The number of nitrogens with one attached hydrogen (secondary N) is 1. The van der Waals surface area contributed by atoms with Crippen LogP contribution in [0, 0.1) is 0 Å². The maximum absolute atomic E-state index is 11.9. The third-order valence-corrected chi connectivity index (χ3v) is 4.52. The molecule has 2 aromatic carbocycles. The Morgan fingerprint density at radius 2 is 1.67 bits per heavy atom. The molecule has 0 saturated carbocycles. The SMILES string of the molecule is O=S(=O)(C=Cc1ccc(Br)cc1)NCc1ccc(Cl)cc1. The summed E-state index contributed by atoms with van der Waals surface area (Å²) in [5.41, 5.74) is 1.66. The van der Waals surface area contributed by atoms with Gasteiger partial charge in [-0.25, -0.2) is 13.1 Å². The van der Waals surface area contributed by atoms with E-state index in [-0.39, 0.29) is 6.54 Å². The Kier molecular flexibility index (Phi) is 5.58. The average molecular weight is 387 g/mol. The number of rotatable bonds is 5. The first-order valence-corrected chi connectivity index (χ1v) is 8.84. The molecule has 0 unspecified atom stereocenters. The van der Waals surface area contributed by atoms with Crippen molar-refractivity contribution < 1.29 is 8.42 Å². The summed E-state index contributed by atoms with van der Waals surface area (Å²) in [7, 11) is -3.47. The maximum atomic E-state index is 11.9. The molecule has 2 rings (SSSR count). The first kappa shape index (κ1) is 16.2. The van der Waals surface area contributed by atoms with Crippen molar-refractivity contribution in [3.05, 3.63) is 74.6 Å². The second-order valence-corrected chi connectivity index (χ2v) is 7.35. The standard InChI is InChI=1S/C15H13BrClNO2S/c16-14-5-1-12(2-6-14)9-10-21(19,20)18-11-13-3-7-15(17)8-4-13/h1-10,18H,11H2. The van der Waals surface area contributed by atoms with Gasteiger partial charge in [-0.1, -0.05) is 51.8 Å². The lowest BCUT2D eigenvalue weighted by molar-refractivity contribution is 0.591. The van der Waals surface area contributed by atoms with Crippen molar-refractivity contribution in [3.8, 4) is 0 Å². The van der Waals surface area contributed by atoms with Crippen LogP contribution in [0.4, 0.5) is 0 Å². The van der Waals surface area contributed by atoms with Gasteiger partial charge in [0.25, 0.3) is 0 Å². The molecule has 0 aromatic heterocycles. The molecule has 2 aromatic rings. The fourth-order valence-electron chi connectivity index (χ4n) is 1.58. The van der Waals surface area contributed by atoms with Gasteiger partial charge in [-0.2, -0.15) is 0 Å². The van der Waals surface area contributed by atoms with E-state index in [1.54, 1.807) is 30.3 Å². The van der Waals surface area contributed by atoms with Crippen LogP contribution < -0.4 is 4.72 Å². The molecule has 0 saturated heterocycles. The fourth-order valence-corrected chi connectivity index (χ4v) is 2.77. The van der Waals surface area contributed by atoms with E-state index in [9.17, 15) is 8.42 Å². The Morgan fingerprint density at radius 3 is 2.29 bits per heavy atom. The van der Waals surface area contributed by atoms with E-state index in [1.807, 2.05) is 24.3 Å². The molecule has 0 amide bonds. The Hall–Kier alpha value is -1.14. The number of halogens is 2. The summed E-state index contributed by atoms with van der Waals surface area (Å²) < 4.78 is 27.2. The highest BCUT2D eigenvalue weighted by atomic mass is 79.9. The van der Waals surface area contributed by atoms with E-state index in [1.165, 1.54) is 0 Å². The van der Waals surface area contributed by atoms with Gasteiger partial charge in [-0.3, -0.25) is 0 Å². The third-order valence-electron chi connectivity index (χ3n) is 2.70. The fraction of sp³-hybridized carbons (Fsp3) is 0.0667. The molecule has 0 spiro atoms. The molecule has 0 aliphatic heterocycles. The molecular weight excluding hydrogens is 374 g/mol. The van der Waals surface area contributed by atoms with Gasteiger partial charge >= 0.3 is 0 Å². The lowest BCUT2D eigenvalue weighted by atomic mass is 10.2. The Bertz CT molecular complexity index is 725. The lowest BCUT2D eigenvalue weighted by Crippen LogP contribution is -2.20. The van der Waals surface area contributed by atoms with Crippen LogP contribution in [-0.4, -0.2) is 8.42 Å². The molecule has 0 heterocycles. The van der Waals surface area contributed by atoms with E-state index >= 15 is 0 Å². The summed E-state index contributed by atoms with van der Waals surface area (Å²) >= 11 is 9.10. The lowest BCUT2D eigenvalue weighted by Gasteiger charge is -2.03. The number of hydrogen-bond acceptors (Lipinski definition) is 2.